The number of nitrogen functional groups attached to an aromatic ring is 1. The van der Waals surface area contributed by atoms with E-state index in [0.29, 0.717) is 22.3 Å². The number of nitrogens with two attached hydrogens (primary N) is 1. The largest absolute Gasteiger partial charge is 0.618 e. The summed E-state index contributed by atoms with van der Waals surface area (Å²) in [6, 6.07) is 2.49. The monoisotopic (exact) mass is 278 g/mol. The average molecular weight is 278 g/mol. The summed E-state index contributed by atoms with van der Waals surface area (Å²) in [6.45, 7) is 0. The first-order chi connectivity index (χ1) is 9.49. The number of rotatable bonds is 1. The van der Waals surface area contributed by atoms with E-state index in [1.807, 2.05) is 0 Å². The van der Waals surface area contributed by atoms with E-state index in [2.05, 4.69) is 0 Å². The molecule has 8 heteroatoms. The number of anilines is 1. The molecule has 3 rings (SSSR count). The molecule has 1 fully saturated rings. The Hall–Kier alpha value is -2.38. The molecule has 2 aliphatic rings. The summed E-state index contributed by atoms with van der Waals surface area (Å²) in [7, 11) is 0. The molecule has 0 saturated heterocycles. The van der Waals surface area contributed by atoms with Gasteiger partial charge in [-0.15, -0.1) is 9.48 Å². The molecule has 8 nitrogen and oxygen atoms in total. The van der Waals surface area contributed by atoms with Crippen molar-refractivity contribution in [3.05, 3.63) is 43.4 Å². The minimum absolute atomic E-state index is 0.0592. The van der Waals surface area contributed by atoms with Crippen molar-refractivity contribution in [2.75, 3.05) is 5.73 Å². The Balaban J connectivity index is 2.35. The number of hydroxylamine groups is 2. The van der Waals surface area contributed by atoms with Gasteiger partial charge < -0.3 is 16.1 Å². The summed E-state index contributed by atoms with van der Waals surface area (Å²) in [6.07, 6.45) is 3.44. The number of nitro benzene ring substituents is 1. The van der Waals surface area contributed by atoms with E-state index in [1.54, 1.807) is 0 Å². The van der Waals surface area contributed by atoms with E-state index < -0.39 is 10.6 Å². The van der Waals surface area contributed by atoms with Gasteiger partial charge in [-0.3, -0.25) is 10.1 Å². The fraction of sp³-hybridized carbons (Fsp3) is 0.500. The number of nitro groups is 1. The van der Waals surface area contributed by atoms with Gasteiger partial charge in [0.25, 0.3) is 11.0 Å². The molecular weight excluding hydrogens is 264 g/mol. The molecular formula is C12H14N4O4. The quantitative estimate of drug-likeness (QED) is 0.251. The van der Waals surface area contributed by atoms with Gasteiger partial charge in [0.15, 0.2) is 5.69 Å². The molecule has 1 saturated carbocycles. The molecule has 0 atom stereocenters. The van der Waals surface area contributed by atoms with Crippen LogP contribution in [0, 0.1) is 20.5 Å². The Bertz CT molecular complexity index is 722. The van der Waals surface area contributed by atoms with Gasteiger partial charge in [0.1, 0.15) is 0 Å². The molecule has 1 aliphatic carbocycles. The summed E-state index contributed by atoms with van der Waals surface area (Å²) in [5.74, 6) is 0. The maximum atomic E-state index is 12.6. The Morgan fingerprint density at radius 1 is 1.15 bits per heavy atom. The van der Waals surface area contributed by atoms with Crippen molar-refractivity contribution in [3.8, 4) is 0 Å². The molecule has 0 bridgehead atoms. The van der Waals surface area contributed by atoms with E-state index >= 15 is 0 Å². The molecule has 1 aromatic carbocycles. The zero-order chi connectivity index (χ0) is 14.5. The summed E-state index contributed by atoms with van der Waals surface area (Å²) in [5.41, 5.74) is 3.98. The van der Waals surface area contributed by atoms with E-state index in [4.69, 9.17) is 5.73 Å². The number of nitrogens with zero attached hydrogens (tertiary/aromatic N) is 3. The zero-order valence-electron chi connectivity index (χ0n) is 10.7. The van der Waals surface area contributed by atoms with Crippen molar-refractivity contribution in [2.24, 2.45) is 0 Å². The van der Waals surface area contributed by atoms with Gasteiger partial charge in [0.05, 0.1) is 17.8 Å². The molecule has 1 aliphatic heterocycles. The van der Waals surface area contributed by atoms with Crippen LogP contribution in [0.2, 0.25) is 0 Å². The molecule has 0 aromatic heterocycles. The van der Waals surface area contributed by atoms with Crippen LogP contribution in [0.4, 0.5) is 11.4 Å². The Morgan fingerprint density at radius 2 is 1.80 bits per heavy atom. The van der Waals surface area contributed by atoms with Crippen LogP contribution >= 0.6 is 0 Å². The molecule has 0 amide bonds. The minimum Gasteiger partial charge on any atom is -0.618 e. The highest BCUT2D eigenvalue weighted by Gasteiger charge is 2.53. The van der Waals surface area contributed by atoms with E-state index in [9.17, 15) is 20.5 Å². The third kappa shape index (κ3) is 1.41. The molecule has 1 aromatic rings. The molecule has 20 heavy (non-hydrogen) atoms. The van der Waals surface area contributed by atoms with Crippen LogP contribution in [0.3, 0.4) is 0 Å². The lowest BCUT2D eigenvalue weighted by molar-refractivity contribution is -0.384. The minimum atomic E-state index is -1.18. The summed E-state index contributed by atoms with van der Waals surface area (Å²) >= 11 is 0. The van der Waals surface area contributed by atoms with Gasteiger partial charge in [0, 0.05) is 12.1 Å². The molecule has 106 valence electrons. The van der Waals surface area contributed by atoms with E-state index in [0.717, 1.165) is 19.3 Å². The van der Waals surface area contributed by atoms with Crippen molar-refractivity contribution < 1.29 is 4.92 Å². The molecule has 2 N–H and O–H groups in total. The van der Waals surface area contributed by atoms with E-state index in [1.165, 1.54) is 12.1 Å². The lowest BCUT2D eigenvalue weighted by atomic mass is 9.90. The van der Waals surface area contributed by atoms with Crippen LogP contribution in [0.5, 0.6) is 0 Å². The van der Waals surface area contributed by atoms with Crippen LogP contribution in [-0.4, -0.2) is 10.6 Å². The number of benzene rings is 1. The fourth-order valence-corrected chi connectivity index (χ4v) is 3.16. The Kier molecular flexibility index (Phi) is 2.56. The van der Waals surface area contributed by atoms with Gasteiger partial charge in [0.2, 0.25) is 0 Å². The molecule has 0 radical (unpaired) electrons. The normalized spacial score (nSPS) is 20.2. The molecule has 1 spiro atoms. The predicted octanol–water partition coefficient (Wildman–Crippen LogP) is -0.171. The topological polar surface area (TPSA) is 121 Å². The van der Waals surface area contributed by atoms with Crippen molar-refractivity contribution in [1.82, 2.24) is 9.48 Å². The third-order valence-corrected chi connectivity index (χ3v) is 4.20. The number of hydrogen-bond acceptors (Lipinski definition) is 5. The summed E-state index contributed by atoms with van der Waals surface area (Å²) < 4.78 is 1.28. The fourth-order valence-electron chi connectivity index (χ4n) is 3.16. The Morgan fingerprint density at radius 3 is 2.40 bits per heavy atom. The second-order valence-electron chi connectivity index (χ2n) is 5.26. The number of fused-ring (bicyclic) bond motifs is 1. The number of hydrogen-bond donors (Lipinski definition) is 1. The maximum Gasteiger partial charge on any atom is 0.372 e. The van der Waals surface area contributed by atoms with Crippen LogP contribution in [0.15, 0.2) is 12.1 Å². The first-order valence-corrected chi connectivity index (χ1v) is 6.50. The van der Waals surface area contributed by atoms with E-state index in [-0.39, 0.29) is 22.1 Å². The van der Waals surface area contributed by atoms with Gasteiger partial charge in [-0.2, -0.15) is 0 Å². The Labute approximate surface area is 113 Å². The SMILES string of the molecule is Nc1c([N+](=O)[O-])ccc2c1=[N+]([O-])C1(CCCCC1)[N+]=2[O-]. The average Bonchev–Trinajstić information content (AvgIpc) is 2.63. The van der Waals surface area contributed by atoms with Crippen LogP contribution < -0.4 is 25.9 Å². The second-order valence-corrected chi connectivity index (χ2v) is 5.26. The summed E-state index contributed by atoms with van der Waals surface area (Å²) in [5, 5.41) is 36.0. The third-order valence-electron chi connectivity index (χ3n) is 4.20. The van der Waals surface area contributed by atoms with Crippen molar-refractivity contribution in [1.29, 1.82) is 0 Å². The highest BCUT2D eigenvalue weighted by atomic mass is 16.6. The lowest BCUT2D eigenvalue weighted by Crippen LogP contribution is -2.53. The van der Waals surface area contributed by atoms with Crippen molar-refractivity contribution >= 4 is 11.4 Å². The zero-order valence-corrected chi connectivity index (χ0v) is 10.7. The predicted molar refractivity (Wildman–Crippen MR) is 71.8 cm³/mol. The highest BCUT2D eigenvalue weighted by molar-refractivity contribution is 5.57. The first kappa shape index (κ1) is 12.6. The van der Waals surface area contributed by atoms with Gasteiger partial charge in [-0.05, 0) is 12.8 Å². The summed E-state index contributed by atoms with van der Waals surface area (Å²) in [4.78, 5) is 10.2. The second kappa shape index (κ2) is 4.06. The van der Waals surface area contributed by atoms with Gasteiger partial charge >= 0.3 is 11.0 Å². The van der Waals surface area contributed by atoms with Crippen molar-refractivity contribution in [2.45, 2.75) is 37.8 Å². The smallest absolute Gasteiger partial charge is 0.372 e. The van der Waals surface area contributed by atoms with Gasteiger partial charge in [-0.1, -0.05) is 6.42 Å². The van der Waals surface area contributed by atoms with Crippen LogP contribution in [-0.2, 0) is 0 Å². The van der Waals surface area contributed by atoms with Crippen molar-refractivity contribution in [3.63, 3.8) is 0 Å². The highest BCUT2D eigenvalue weighted by Crippen LogP contribution is 2.30. The first-order valence-electron chi connectivity index (χ1n) is 6.50. The maximum absolute atomic E-state index is 12.6. The standard InChI is InChI=1S/C12H14N4O4/c13-10-8(16(19)20)4-5-9-11(10)15(18)12(14(9)17)6-2-1-3-7-12/h4-5H,1-3,6-7,13H2. The molecule has 0 unspecified atom stereocenters. The molecule has 1 heterocycles. The van der Waals surface area contributed by atoms with Crippen LogP contribution in [0.25, 0.3) is 0 Å². The lowest BCUT2D eigenvalue weighted by Gasteiger charge is -2.29. The van der Waals surface area contributed by atoms with Gasteiger partial charge in [-0.25, -0.2) is 0 Å². The van der Waals surface area contributed by atoms with Crippen LogP contribution in [0.1, 0.15) is 32.1 Å².